The van der Waals surface area contributed by atoms with E-state index >= 15 is 0 Å². The van der Waals surface area contributed by atoms with Crippen LogP contribution in [0, 0.1) is 5.92 Å². The number of para-hydroxylation sites is 1. The summed E-state index contributed by atoms with van der Waals surface area (Å²) < 4.78 is 10.5. The zero-order chi connectivity index (χ0) is 19.1. The SMILES string of the molecule is COc1ccc(C(NC(=O)CNC(=O)COc2ccccc2)C2CC2)cc1. The summed E-state index contributed by atoms with van der Waals surface area (Å²) in [7, 11) is 1.62. The minimum atomic E-state index is -0.332. The van der Waals surface area contributed by atoms with Gasteiger partial charge in [0.25, 0.3) is 5.91 Å². The van der Waals surface area contributed by atoms with E-state index in [2.05, 4.69) is 10.6 Å². The first kappa shape index (κ1) is 18.8. The van der Waals surface area contributed by atoms with E-state index in [1.54, 1.807) is 19.2 Å². The van der Waals surface area contributed by atoms with E-state index in [0.29, 0.717) is 11.7 Å². The van der Waals surface area contributed by atoms with E-state index in [0.717, 1.165) is 24.2 Å². The van der Waals surface area contributed by atoms with Crippen molar-refractivity contribution in [1.29, 1.82) is 0 Å². The first-order valence-corrected chi connectivity index (χ1v) is 9.03. The fraction of sp³-hybridized carbons (Fsp3) is 0.333. The van der Waals surface area contributed by atoms with E-state index in [4.69, 9.17) is 9.47 Å². The van der Waals surface area contributed by atoms with E-state index in [1.807, 2.05) is 42.5 Å². The Labute approximate surface area is 158 Å². The first-order valence-electron chi connectivity index (χ1n) is 9.03. The van der Waals surface area contributed by atoms with Crippen LogP contribution in [0.5, 0.6) is 11.5 Å². The summed E-state index contributed by atoms with van der Waals surface area (Å²) in [4.78, 5) is 24.1. The third-order valence-electron chi connectivity index (χ3n) is 4.44. The van der Waals surface area contributed by atoms with Crippen LogP contribution >= 0.6 is 0 Å². The molecule has 0 bridgehead atoms. The molecule has 0 aromatic heterocycles. The number of hydrogen-bond acceptors (Lipinski definition) is 4. The first-order chi connectivity index (χ1) is 13.2. The van der Waals surface area contributed by atoms with Gasteiger partial charge in [-0.3, -0.25) is 9.59 Å². The summed E-state index contributed by atoms with van der Waals surface area (Å²) in [5.41, 5.74) is 1.05. The number of amides is 2. The van der Waals surface area contributed by atoms with Crippen LogP contribution in [0.3, 0.4) is 0 Å². The lowest BCUT2D eigenvalue weighted by atomic mass is 10.0. The van der Waals surface area contributed by atoms with Crippen molar-refractivity contribution < 1.29 is 19.1 Å². The summed E-state index contributed by atoms with van der Waals surface area (Å²) in [6.45, 7) is -0.196. The number of carbonyl (C=O) groups is 2. The number of methoxy groups -OCH3 is 1. The summed E-state index contributed by atoms with van der Waals surface area (Å²) >= 11 is 0. The van der Waals surface area contributed by atoms with Crippen molar-refractivity contribution in [3.8, 4) is 11.5 Å². The molecule has 2 aromatic rings. The van der Waals surface area contributed by atoms with Crippen LogP contribution in [-0.2, 0) is 9.59 Å². The molecule has 0 saturated heterocycles. The molecule has 0 heterocycles. The van der Waals surface area contributed by atoms with Gasteiger partial charge in [0.1, 0.15) is 11.5 Å². The number of carbonyl (C=O) groups excluding carboxylic acids is 2. The maximum absolute atomic E-state index is 12.3. The van der Waals surface area contributed by atoms with Gasteiger partial charge >= 0.3 is 0 Å². The lowest BCUT2D eigenvalue weighted by Gasteiger charge is -2.19. The fourth-order valence-electron chi connectivity index (χ4n) is 2.83. The highest BCUT2D eigenvalue weighted by atomic mass is 16.5. The maximum atomic E-state index is 12.3. The van der Waals surface area contributed by atoms with E-state index in [9.17, 15) is 9.59 Å². The number of nitrogens with one attached hydrogen (secondary N) is 2. The summed E-state index contributed by atoms with van der Waals surface area (Å²) in [5.74, 6) is 1.30. The van der Waals surface area contributed by atoms with Crippen LogP contribution in [0.4, 0.5) is 0 Å². The molecular formula is C21H24N2O4. The molecule has 142 valence electrons. The monoisotopic (exact) mass is 368 g/mol. The molecule has 1 aliphatic carbocycles. The zero-order valence-corrected chi connectivity index (χ0v) is 15.3. The van der Waals surface area contributed by atoms with Crippen molar-refractivity contribution in [3.63, 3.8) is 0 Å². The fourth-order valence-corrected chi connectivity index (χ4v) is 2.83. The van der Waals surface area contributed by atoms with E-state index in [-0.39, 0.29) is 31.0 Å². The van der Waals surface area contributed by atoms with Gasteiger partial charge in [0, 0.05) is 0 Å². The van der Waals surface area contributed by atoms with Crippen LogP contribution in [-0.4, -0.2) is 32.1 Å². The second-order valence-electron chi connectivity index (χ2n) is 6.53. The number of rotatable bonds is 9. The molecule has 3 rings (SSSR count). The van der Waals surface area contributed by atoms with Crippen molar-refractivity contribution in [2.24, 2.45) is 5.92 Å². The van der Waals surface area contributed by atoms with Crippen molar-refractivity contribution >= 4 is 11.8 Å². The molecule has 6 heteroatoms. The van der Waals surface area contributed by atoms with Gasteiger partial charge in [-0.1, -0.05) is 30.3 Å². The Morgan fingerprint density at radius 1 is 1.00 bits per heavy atom. The number of benzene rings is 2. The smallest absolute Gasteiger partial charge is 0.258 e. The summed E-state index contributed by atoms with van der Waals surface area (Å²) in [6.07, 6.45) is 2.18. The molecule has 1 saturated carbocycles. The van der Waals surface area contributed by atoms with Gasteiger partial charge in [-0.15, -0.1) is 0 Å². The molecular weight excluding hydrogens is 344 g/mol. The molecule has 1 fully saturated rings. The standard InChI is InChI=1S/C21H24N2O4/c1-26-17-11-9-16(10-12-17)21(15-7-8-15)23-19(24)13-22-20(25)14-27-18-5-3-2-4-6-18/h2-6,9-12,15,21H,7-8,13-14H2,1H3,(H,22,25)(H,23,24). The minimum Gasteiger partial charge on any atom is -0.497 e. The highest BCUT2D eigenvalue weighted by Gasteiger charge is 2.33. The quantitative estimate of drug-likeness (QED) is 0.713. The minimum absolute atomic E-state index is 0.0409. The van der Waals surface area contributed by atoms with Crippen LogP contribution in [0.25, 0.3) is 0 Å². The summed E-state index contributed by atoms with van der Waals surface area (Å²) in [6, 6.07) is 16.7. The third kappa shape index (κ3) is 5.74. The molecule has 0 radical (unpaired) electrons. The summed E-state index contributed by atoms with van der Waals surface area (Å²) in [5, 5.41) is 5.62. The average Bonchev–Trinajstić information content (AvgIpc) is 3.55. The topological polar surface area (TPSA) is 76.7 Å². The normalized spacial score (nSPS) is 14.1. The molecule has 1 unspecified atom stereocenters. The number of hydrogen-bond donors (Lipinski definition) is 2. The Bertz CT molecular complexity index is 758. The van der Waals surface area contributed by atoms with Crippen molar-refractivity contribution in [2.75, 3.05) is 20.3 Å². The average molecular weight is 368 g/mol. The van der Waals surface area contributed by atoms with Crippen LogP contribution < -0.4 is 20.1 Å². The van der Waals surface area contributed by atoms with Crippen LogP contribution in [0.1, 0.15) is 24.4 Å². The zero-order valence-electron chi connectivity index (χ0n) is 15.3. The Hall–Kier alpha value is -3.02. The molecule has 0 spiro atoms. The third-order valence-corrected chi connectivity index (χ3v) is 4.44. The van der Waals surface area contributed by atoms with E-state index < -0.39 is 0 Å². The molecule has 6 nitrogen and oxygen atoms in total. The predicted octanol–water partition coefficient (Wildman–Crippen LogP) is 2.46. The largest absolute Gasteiger partial charge is 0.497 e. The predicted molar refractivity (Wildman–Crippen MR) is 102 cm³/mol. The highest BCUT2D eigenvalue weighted by Crippen LogP contribution is 2.41. The van der Waals surface area contributed by atoms with Crippen molar-refractivity contribution in [3.05, 3.63) is 60.2 Å². The van der Waals surface area contributed by atoms with Gasteiger partial charge in [-0.05, 0) is 48.6 Å². The Morgan fingerprint density at radius 3 is 2.33 bits per heavy atom. The maximum Gasteiger partial charge on any atom is 0.258 e. The van der Waals surface area contributed by atoms with Crippen molar-refractivity contribution in [2.45, 2.75) is 18.9 Å². The Kier molecular flexibility index (Phi) is 6.30. The van der Waals surface area contributed by atoms with Gasteiger partial charge in [0.2, 0.25) is 5.91 Å². The van der Waals surface area contributed by atoms with Crippen LogP contribution in [0.15, 0.2) is 54.6 Å². The van der Waals surface area contributed by atoms with Gasteiger partial charge in [0.15, 0.2) is 6.61 Å². The second kappa shape index (κ2) is 9.07. The van der Waals surface area contributed by atoms with Gasteiger partial charge < -0.3 is 20.1 Å². The molecule has 2 N–H and O–H groups in total. The van der Waals surface area contributed by atoms with Gasteiger partial charge in [0.05, 0.1) is 19.7 Å². The second-order valence-corrected chi connectivity index (χ2v) is 6.53. The molecule has 1 atom stereocenters. The number of ether oxygens (including phenoxy) is 2. The van der Waals surface area contributed by atoms with Gasteiger partial charge in [-0.25, -0.2) is 0 Å². The molecule has 0 aliphatic heterocycles. The van der Waals surface area contributed by atoms with E-state index in [1.165, 1.54) is 0 Å². The molecule has 1 aliphatic rings. The lowest BCUT2D eigenvalue weighted by molar-refractivity contribution is -0.127. The molecule has 27 heavy (non-hydrogen) atoms. The molecule has 2 amide bonds. The highest BCUT2D eigenvalue weighted by molar-refractivity contribution is 5.85. The molecule has 2 aromatic carbocycles. The van der Waals surface area contributed by atoms with Gasteiger partial charge in [-0.2, -0.15) is 0 Å². The van der Waals surface area contributed by atoms with Crippen LogP contribution in [0.2, 0.25) is 0 Å². The Morgan fingerprint density at radius 2 is 1.70 bits per heavy atom. The lowest BCUT2D eigenvalue weighted by Crippen LogP contribution is -2.40. The van der Waals surface area contributed by atoms with Crippen molar-refractivity contribution in [1.82, 2.24) is 10.6 Å². The Balaban J connectivity index is 1.45.